The SMILES string of the molecule is COC[C@@H](NC(=O)Nc1cc2[nH]nc(N3CC(OC)C3)c2cn1)c1ccccc1. The molecule has 1 aliphatic rings. The molecule has 1 saturated heterocycles. The first kappa shape index (κ1) is 19.2. The van der Waals surface area contributed by atoms with E-state index in [4.69, 9.17) is 9.47 Å². The van der Waals surface area contributed by atoms with Gasteiger partial charge in [0, 0.05) is 39.6 Å². The zero-order valence-electron chi connectivity index (χ0n) is 16.4. The van der Waals surface area contributed by atoms with Gasteiger partial charge in [0.2, 0.25) is 0 Å². The van der Waals surface area contributed by atoms with Crippen molar-refractivity contribution >= 4 is 28.6 Å². The number of aromatic amines is 1. The van der Waals surface area contributed by atoms with Gasteiger partial charge in [0.25, 0.3) is 0 Å². The van der Waals surface area contributed by atoms with Crippen molar-refractivity contribution in [2.45, 2.75) is 12.1 Å². The maximum atomic E-state index is 12.5. The molecular formula is C20H24N6O3. The van der Waals surface area contributed by atoms with Crippen molar-refractivity contribution in [1.82, 2.24) is 20.5 Å². The minimum Gasteiger partial charge on any atom is -0.382 e. The smallest absolute Gasteiger partial charge is 0.320 e. The van der Waals surface area contributed by atoms with E-state index in [9.17, 15) is 4.79 Å². The summed E-state index contributed by atoms with van der Waals surface area (Å²) in [6.45, 7) is 1.98. The summed E-state index contributed by atoms with van der Waals surface area (Å²) in [5.41, 5.74) is 1.78. The molecule has 0 saturated carbocycles. The number of nitrogens with one attached hydrogen (secondary N) is 3. The second-order valence-corrected chi connectivity index (χ2v) is 6.94. The third kappa shape index (κ3) is 4.15. The first-order valence-electron chi connectivity index (χ1n) is 9.41. The van der Waals surface area contributed by atoms with Crippen LogP contribution in [0.15, 0.2) is 42.6 Å². The Morgan fingerprint density at radius 3 is 2.83 bits per heavy atom. The number of carbonyl (C=O) groups excluding carboxylic acids is 1. The van der Waals surface area contributed by atoms with Gasteiger partial charge in [0.05, 0.1) is 29.7 Å². The second-order valence-electron chi connectivity index (χ2n) is 6.94. The average molecular weight is 396 g/mol. The van der Waals surface area contributed by atoms with Crippen LogP contribution >= 0.6 is 0 Å². The van der Waals surface area contributed by atoms with Gasteiger partial charge < -0.3 is 19.7 Å². The van der Waals surface area contributed by atoms with Gasteiger partial charge in [-0.3, -0.25) is 10.4 Å². The average Bonchev–Trinajstić information content (AvgIpc) is 3.10. The van der Waals surface area contributed by atoms with Crippen LogP contribution in [0, 0.1) is 0 Å². The Morgan fingerprint density at radius 1 is 1.31 bits per heavy atom. The Hall–Kier alpha value is -3.17. The number of carbonyl (C=O) groups is 1. The van der Waals surface area contributed by atoms with Crippen molar-refractivity contribution in [2.24, 2.45) is 0 Å². The van der Waals surface area contributed by atoms with E-state index in [-0.39, 0.29) is 18.2 Å². The lowest BCUT2D eigenvalue weighted by molar-refractivity contribution is 0.0784. The predicted molar refractivity (Wildman–Crippen MR) is 110 cm³/mol. The highest BCUT2D eigenvalue weighted by Gasteiger charge is 2.29. The number of urea groups is 1. The molecule has 4 rings (SSSR count). The molecule has 1 aliphatic heterocycles. The van der Waals surface area contributed by atoms with E-state index >= 15 is 0 Å². The number of amides is 2. The van der Waals surface area contributed by atoms with Crippen LogP contribution in [0.3, 0.4) is 0 Å². The molecule has 2 amide bonds. The van der Waals surface area contributed by atoms with Crippen molar-refractivity contribution in [3.8, 4) is 0 Å². The van der Waals surface area contributed by atoms with Crippen LogP contribution in [-0.4, -0.2) is 61.2 Å². The standard InChI is InChI=1S/C20H24N6O3/c1-28-12-17(13-6-4-3-5-7-13)22-20(27)23-18-8-16-15(9-21-18)19(25-24-16)26-10-14(11-26)29-2/h3-9,14,17H,10-12H2,1-2H3,(H,24,25)(H2,21,22,23,27)/t17-/m1/s1. The lowest BCUT2D eigenvalue weighted by Gasteiger charge is -2.38. The predicted octanol–water partition coefficient (Wildman–Crippen LogP) is 2.30. The molecule has 3 heterocycles. The molecular weight excluding hydrogens is 372 g/mol. The number of hydrogen-bond donors (Lipinski definition) is 3. The fourth-order valence-electron chi connectivity index (χ4n) is 3.35. The van der Waals surface area contributed by atoms with Gasteiger partial charge in [-0.05, 0) is 5.56 Å². The van der Waals surface area contributed by atoms with Crippen LogP contribution in [0.1, 0.15) is 11.6 Å². The van der Waals surface area contributed by atoms with Crippen molar-refractivity contribution in [1.29, 1.82) is 0 Å². The lowest BCUT2D eigenvalue weighted by Crippen LogP contribution is -2.52. The molecule has 152 valence electrons. The Balaban J connectivity index is 1.43. The number of rotatable bonds is 7. The summed E-state index contributed by atoms with van der Waals surface area (Å²) >= 11 is 0. The van der Waals surface area contributed by atoms with Gasteiger partial charge in [-0.25, -0.2) is 9.78 Å². The van der Waals surface area contributed by atoms with Gasteiger partial charge in [0.15, 0.2) is 5.82 Å². The molecule has 9 heteroatoms. The number of benzene rings is 1. The number of hydrogen-bond acceptors (Lipinski definition) is 6. The molecule has 9 nitrogen and oxygen atoms in total. The highest BCUT2D eigenvalue weighted by atomic mass is 16.5. The molecule has 1 aromatic carbocycles. The molecule has 0 radical (unpaired) electrons. The van der Waals surface area contributed by atoms with E-state index in [2.05, 4.69) is 30.7 Å². The number of methoxy groups -OCH3 is 2. The van der Waals surface area contributed by atoms with E-state index < -0.39 is 0 Å². The molecule has 1 atom stereocenters. The molecule has 0 bridgehead atoms. The maximum absolute atomic E-state index is 12.5. The number of fused-ring (bicyclic) bond motifs is 1. The van der Waals surface area contributed by atoms with E-state index in [1.54, 1.807) is 26.5 Å². The maximum Gasteiger partial charge on any atom is 0.320 e. The van der Waals surface area contributed by atoms with Crippen molar-refractivity contribution in [3.05, 3.63) is 48.2 Å². The molecule has 3 N–H and O–H groups in total. The van der Waals surface area contributed by atoms with Crippen LogP contribution < -0.4 is 15.5 Å². The summed E-state index contributed by atoms with van der Waals surface area (Å²) < 4.78 is 10.6. The van der Waals surface area contributed by atoms with E-state index in [0.717, 1.165) is 35.4 Å². The summed E-state index contributed by atoms with van der Waals surface area (Å²) in [6, 6.07) is 10.8. The zero-order valence-corrected chi connectivity index (χ0v) is 16.4. The van der Waals surface area contributed by atoms with Gasteiger partial charge in [-0.1, -0.05) is 30.3 Å². The summed E-state index contributed by atoms with van der Waals surface area (Å²) in [4.78, 5) is 19.0. The molecule has 1 fully saturated rings. The highest BCUT2D eigenvalue weighted by molar-refractivity contribution is 5.94. The van der Waals surface area contributed by atoms with Crippen LogP contribution in [0.2, 0.25) is 0 Å². The normalized spacial score (nSPS) is 15.2. The summed E-state index contributed by atoms with van der Waals surface area (Å²) in [7, 11) is 3.32. The monoisotopic (exact) mass is 396 g/mol. The molecule has 0 unspecified atom stereocenters. The minimum absolute atomic E-state index is 0.240. The number of H-pyrrole nitrogens is 1. The second kappa shape index (κ2) is 8.46. The quantitative estimate of drug-likeness (QED) is 0.566. The minimum atomic E-state index is -0.354. The summed E-state index contributed by atoms with van der Waals surface area (Å²) in [6.07, 6.45) is 1.96. The summed E-state index contributed by atoms with van der Waals surface area (Å²) in [5, 5.41) is 14.0. The number of anilines is 2. The van der Waals surface area contributed by atoms with Gasteiger partial charge >= 0.3 is 6.03 Å². The van der Waals surface area contributed by atoms with Crippen LogP contribution in [0.4, 0.5) is 16.4 Å². The van der Waals surface area contributed by atoms with Crippen molar-refractivity contribution in [2.75, 3.05) is 44.1 Å². The van der Waals surface area contributed by atoms with Gasteiger partial charge in [-0.2, -0.15) is 5.10 Å². The third-order valence-electron chi connectivity index (χ3n) is 4.99. The number of ether oxygens (including phenoxy) is 2. The van der Waals surface area contributed by atoms with Crippen LogP contribution in [0.25, 0.3) is 10.9 Å². The van der Waals surface area contributed by atoms with Gasteiger partial charge in [0.1, 0.15) is 5.82 Å². The number of aromatic nitrogens is 3. The van der Waals surface area contributed by atoms with Crippen molar-refractivity contribution < 1.29 is 14.3 Å². The van der Waals surface area contributed by atoms with Crippen LogP contribution in [0.5, 0.6) is 0 Å². The van der Waals surface area contributed by atoms with Gasteiger partial charge in [-0.15, -0.1) is 0 Å². The fourth-order valence-corrected chi connectivity index (χ4v) is 3.35. The fraction of sp³-hybridized carbons (Fsp3) is 0.350. The Kier molecular flexibility index (Phi) is 5.59. The molecule has 3 aromatic rings. The van der Waals surface area contributed by atoms with E-state index in [0.29, 0.717) is 12.4 Å². The van der Waals surface area contributed by atoms with E-state index in [1.165, 1.54) is 0 Å². The Labute approximate surface area is 168 Å². The Morgan fingerprint density at radius 2 is 2.10 bits per heavy atom. The lowest BCUT2D eigenvalue weighted by atomic mass is 10.1. The third-order valence-corrected chi connectivity index (χ3v) is 4.99. The largest absolute Gasteiger partial charge is 0.382 e. The zero-order chi connectivity index (χ0) is 20.2. The Bertz CT molecular complexity index is 971. The summed E-state index contributed by atoms with van der Waals surface area (Å²) in [5.74, 6) is 1.29. The molecule has 0 spiro atoms. The number of nitrogens with zero attached hydrogens (tertiary/aromatic N) is 3. The number of pyridine rings is 1. The molecule has 2 aromatic heterocycles. The van der Waals surface area contributed by atoms with E-state index in [1.807, 2.05) is 30.3 Å². The first-order valence-corrected chi connectivity index (χ1v) is 9.41. The highest BCUT2D eigenvalue weighted by Crippen LogP contribution is 2.28. The molecule has 0 aliphatic carbocycles. The molecule has 29 heavy (non-hydrogen) atoms. The topological polar surface area (TPSA) is 104 Å². The van der Waals surface area contributed by atoms with Crippen molar-refractivity contribution in [3.63, 3.8) is 0 Å². The van der Waals surface area contributed by atoms with Crippen LogP contribution in [-0.2, 0) is 9.47 Å². The first-order chi connectivity index (χ1) is 14.2.